The summed E-state index contributed by atoms with van der Waals surface area (Å²) in [6.07, 6.45) is 2.55. The van der Waals surface area contributed by atoms with Crippen molar-refractivity contribution in [1.29, 1.82) is 0 Å². The van der Waals surface area contributed by atoms with E-state index in [1.165, 1.54) is 7.11 Å². The molecule has 0 bridgehead atoms. The minimum Gasteiger partial charge on any atom is -0.469 e. The Kier molecular flexibility index (Phi) is 2.75. The van der Waals surface area contributed by atoms with Crippen molar-refractivity contribution in [2.75, 3.05) is 7.11 Å². The molecule has 1 saturated carbocycles. The molecule has 1 N–H and O–H groups in total. The fraction of sp³-hybridized carbons (Fsp3) is 0.333. The van der Waals surface area contributed by atoms with Crippen LogP contribution in [0, 0.1) is 5.92 Å². The van der Waals surface area contributed by atoms with Gasteiger partial charge in [0.1, 0.15) is 0 Å². The molecule has 0 amide bonds. The fourth-order valence-electron chi connectivity index (χ4n) is 2.82. The Morgan fingerprint density at radius 3 is 2.89 bits per heavy atom. The van der Waals surface area contributed by atoms with Gasteiger partial charge in [0.2, 0.25) is 0 Å². The summed E-state index contributed by atoms with van der Waals surface area (Å²) in [5.74, 6) is -0.454. The zero-order valence-electron chi connectivity index (χ0n) is 10.7. The van der Waals surface area contributed by atoms with Crippen molar-refractivity contribution in [1.82, 2.24) is 4.98 Å². The van der Waals surface area contributed by atoms with E-state index < -0.39 is 5.60 Å². The van der Waals surface area contributed by atoms with E-state index >= 15 is 0 Å². The number of carbonyl (C=O) groups excluding carboxylic acids is 1. The van der Waals surface area contributed by atoms with Crippen LogP contribution in [0.5, 0.6) is 0 Å². The van der Waals surface area contributed by atoms with Crippen LogP contribution in [0.4, 0.5) is 0 Å². The molecule has 0 spiro atoms. The number of rotatable bonds is 2. The molecule has 1 fully saturated rings. The number of methoxy groups -OCH3 is 1. The number of ether oxygens (including phenoxy) is 1. The Balaban J connectivity index is 1.96. The van der Waals surface area contributed by atoms with Crippen LogP contribution in [0.2, 0.25) is 0 Å². The molecule has 1 aliphatic carbocycles. The molecule has 4 nitrogen and oxygen atoms in total. The van der Waals surface area contributed by atoms with Crippen LogP contribution in [0.15, 0.2) is 36.5 Å². The summed E-state index contributed by atoms with van der Waals surface area (Å²) >= 11 is 0. The standard InChI is InChI=1S/C15H15NO3/c1-19-14(17)10-8-15(18,9-10)12-5-2-6-13-11(12)4-3-7-16-13/h2-7,10,18H,8-9H2,1H3. The molecule has 1 aromatic heterocycles. The highest BCUT2D eigenvalue weighted by Gasteiger charge is 2.48. The number of esters is 1. The topological polar surface area (TPSA) is 59.4 Å². The van der Waals surface area contributed by atoms with Gasteiger partial charge in [-0.2, -0.15) is 0 Å². The summed E-state index contributed by atoms with van der Waals surface area (Å²) in [4.78, 5) is 15.7. The Labute approximate surface area is 111 Å². The Morgan fingerprint density at radius 1 is 1.37 bits per heavy atom. The number of benzene rings is 1. The third-order valence-electron chi connectivity index (χ3n) is 3.85. The second kappa shape index (κ2) is 4.31. The van der Waals surface area contributed by atoms with E-state index in [-0.39, 0.29) is 11.9 Å². The van der Waals surface area contributed by atoms with Crippen molar-refractivity contribution < 1.29 is 14.6 Å². The van der Waals surface area contributed by atoms with Crippen LogP contribution in [-0.4, -0.2) is 23.2 Å². The summed E-state index contributed by atoms with van der Waals surface area (Å²) in [5, 5.41) is 11.6. The number of hydrogen-bond donors (Lipinski definition) is 1. The molecule has 1 heterocycles. The van der Waals surface area contributed by atoms with Gasteiger partial charge in [-0.3, -0.25) is 9.78 Å². The predicted molar refractivity (Wildman–Crippen MR) is 70.4 cm³/mol. The fourth-order valence-corrected chi connectivity index (χ4v) is 2.82. The van der Waals surface area contributed by atoms with Crippen molar-refractivity contribution in [3.63, 3.8) is 0 Å². The number of nitrogens with zero attached hydrogens (tertiary/aromatic N) is 1. The third kappa shape index (κ3) is 1.88. The minimum atomic E-state index is -0.943. The molecule has 2 aromatic rings. The van der Waals surface area contributed by atoms with Crippen LogP contribution in [0.3, 0.4) is 0 Å². The van der Waals surface area contributed by atoms with Gasteiger partial charge in [-0.25, -0.2) is 0 Å². The summed E-state index contributed by atoms with van der Waals surface area (Å²) < 4.78 is 4.71. The lowest BCUT2D eigenvalue weighted by atomic mass is 9.66. The van der Waals surface area contributed by atoms with Gasteiger partial charge in [0.05, 0.1) is 24.1 Å². The van der Waals surface area contributed by atoms with Gasteiger partial charge >= 0.3 is 5.97 Å². The van der Waals surface area contributed by atoms with E-state index in [0.29, 0.717) is 12.8 Å². The van der Waals surface area contributed by atoms with Crippen LogP contribution in [0.25, 0.3) is 10.9 Å². The molecule has 0 atom stereocenters. The lowest BCUT2D eigenvalue weighted by Gasteiger charge is -2.42. The largest absolute Gasteiger partial charge is 0.469 e. The van der Waals surface area contributed by atoms with Crippen molar-refractivity contribution in [2.24, 2.45) is 5.92 Å². The SMILES string of the molecule is COC(=O)C1CC(O)(c2cccc3ncccc23)C1. The van der Waals surface area contributed by atoms with Gasteiger partial charge in [0, 0.05) is 11.6 Å². The zero-order valence-corrected chi connectivity index (χ0v) is 10.7. The summed E-state index contributed by atoms with van der Waals surface area (Å²) in [6, 6.07) is 9.50. The minimum absolute atomic E-state index is 0.207. The monoisotopic (exact) mass is 257 g/mol. The van der Waals surface area contributed by atoms with Crippen LogP contribution >= 0.6 is 0 Å². The maximum absolute atomic E-state index is 11.4. The van der Waals surface area contributed by atoms with Gasteiger partial charge in [0.25, 0.3) is 0 Å². The quantitative estimate of drug-likeness (QED) is 0.836. The number of carbonyl (C=O) groups is 1. The molecule has 3 rings (SSSR count). The maximum atomic E-state index is 11.4. The normalized spacial score (nSPS) is 25.9. The number of aliphatic hydroxyl groups is 1. The molecular formula is C15H15NO3. The first-order chi connectivity index (χ1) is 9.14. The van der Waals surface area contributed by atoms with Crippen molar-refractivity contribution in [3.8, 4) is 0 Å². The third-order valence-corrected chi connectivity index (χ3v) is 3.85. The second-order valence-electron chi connectivity index (χ2n) is 5.04. The van der Waals surface area contributed by atoms with E-state index in [9.17, 15) is 9.90 Å². The smallest absolute Gasteiger partial charge is 0.308 e. The highest BCUT2D eigenvalue weighted by Crippen LogP contribution is 2.47. The van der Waals surface area contributed by atoms with E-state index in [2.05, 4.69) is 4.98 Å². The highest BCUT2D eigenvalue weighted by molar-refractivity contribution is 5.84. The van der Waals surface area contributed by atoms with Crippen molar-refractivity contribution in [2.45, 2.75) is 18.4 Å². The molecule has 0 radical (unpaired) electrons. The highest BCUT2D eigenvalue weighted by atomic mass is 16.5. The van der Waals surface area contributed by atoms with Crippen molar-refractivity contribution >= 4 is 16.9 Å². The predicted octanol–water partition coefficient (Wildman–Crippen LogP) is 2.01. The first kappa shape index (κ1) is 12.1. The first-order valence-corrected chi connectivity index (χ1v) is 6.28. The van der Waals surface area contributed by atoms with E-state index in [0.717, 1.165) is 16.5 Å². The molecular weight excluding hydrogens is 242 g/mol. The van der Waals surface area contributed by atoms with Crippen LogP contribution in [-0.2, 0) is 15.1 Å². The zero-order chi connectivity index (χ0) is 13.5. The Bertz CT molecular complexity index is 627. The first-order valence-electron chi connectivity index (χ1n) is 6.28. The number of pyridine rings is 1. The number of aromatic nitrogens is 1. The van der Waals surface area contributed by atoms with E-state index in [1.54, 1.807) is 6.20 Å². The maximum Gasteiger partial charge on any atom is 0.308 e. The number of hydrogen-bond acceptors (Lipinski definition) is 4. The summed E-state index contributed by atoms with van der Waals surface area (Å²) in [6.45, 7) is 0. The molecule has 4 heteroatoms. The molecule has 0 saturated heterocycles. The van der Waals surface area contributed by atoms with E-state index in [4.69, 9.17) is 4.74 Å². The molecule has 0 unspecified atom stereocenters. The van der Waals surface area contributed by atoms with Gasteiger partial charge in [-0.05, 0) is 30.5 Å². The lowest BCUT2D eigenvalue weighted by molar-refractivity contribution is -0.162. The molecule has 19 heavy (non-hydrogen) atoms. The van der Waals surface area contributed by atoms with Gasteiger partial charge in [-0.1, -0.05) is 18.2 Å². The van der Waals surface area contributed by atoms with Gasteiger partial charge in [-0.15, -0.1) is 0 Å². The molecule has 1 aliphatic rings. The molecule has 1 aromatic carbocycles. The van der Waals surface area contributed by atoms with E-state index in [1.807, 2.05) is 30.3 Å². The Hall–Kier alpha value is -1.94. The molecule has 0 aliphatic heterocycles. The van der Waals surface area contributed by atoms with Crippen LogP contribution < -0.4 is 0 Å². The summed E-state index contributed by atoms with van der Waals surface area (Å²) in [7, 11) is 1.38. The van der Waals surface area contributed by atoms with Gasteiger partial charge < -0.3 is 9.84 Å². The average Bonchev–Trinajstić information content (AvgIpc) is 2.42. The van der Waals surface area contributed by atoms with Crippen LogP contribution in [0.1, 0.15) is 18.4 Å². The summed E-state index contributed by atoms with van der Waals surface area (Å²) in [5.41, 5.74) is 0.759. The van der Waals surface area contributed by atoms with Crippen molar-refractivity contribution in [3.05, 3.63) is 42.1 Å². The second-order valence-corrected chi connectivity index (χ2v) is 5.04. The lowest BCUT2D eigenvalue weighted by Crippen LogP contribution is -2.45. The molecule has 98 valence electrons. The number of fused-ring (bicyclic) bond motifs is 1. The van der Waals surface area contributed by atoms with Gasteiger partial charge in [0.15, 0.2) is 0 Å². The average molecular weight is 257 g/mol. The Morgan fingerprint density at radius 2 is 2.16 bits per heavy atom.